The van der Waals surface area contributed by atoms with E-state index in [1.807, 2.05) is 32.0 Å². The van der Waals surface area contributed by atoms with Crippen molar-refractivity contribution in [1.29, 1.82) is 0 Å². The van der Waals surface area contributed by atoms with Crippen LogP contribution in [0.1, 0.15) is 50.9 Å². The van der Waals surface area contributed by atoms with Crippen LogP contribution in [0.15, 0.2) is 57.2 Å². The van der Waals surface area contributed by atoms with Gasteiger partial charge in [0.05, 0.1) is 10.5 Å². The number of piperidine rings is 1. The summed E-state index contributed by atoms with van der Waals surface area (Å²) in [6.07, 6.45) is 1.80. The molecule has 1 fully saturated rings. The summed E-state index contributed by atoms with van der Waals surface area (Å²) in [5, 5.41) is 3.57. The van der Waals surface area contributed by atoms with Gasteiger partial charge in [0.25, 0.3) is 5.91 Å². The lowest BCUT2D eigenvalue weighted by Crippen LogP contribution is -2.42. The van der Waals surface area contributed by atoms with Crippen molar-refractivity contribution in [2.75, 3.05) is 13.1 Å². The molecule has 1 aliphatic rings. The Morgan fingerprint density at radius 3 is 2.50 bits per heavy atom. The molecule has 1 saturated heterocycles. The van der Waals surface area contributed by atoms with Gasteiger partial charge in [-0.05, 0) is 68.0 Å². The zero-order chi connectivity index (χ0) is 23.5. The van der Waals surface area contributed by atoms with E-state index >= 15 is 0 Å². The van der Waals surface area contributed by atoms with E-state index in [9.17, 15) is 13.2 Å². The molecule has 0 aliphatic carbocycles. The lowest BCUT2D eigenvalue weighted by molar-refractivity contribution is 0.0936. The number of nitrogens with zero attached hydrogens (tertiary/aromatic N) is 1. The topological polar surface area (TPSA) is 66.5 Å². The lowest BCUT2D eigenvalue weighted by Gasteiger charge is -2.34. The molecule has 8 heteroatoms. The predicted octanol–water partition coefficient (Wildman–Crippen LogP) is 5.69. The zero-order valence-corrected chi connectivity index (χ0v) is 21.4. The normalized spacial score (nSPS) is 20.7. The van der Waals surface area contributed by atoms with Gasteiger partial charge in [-0.2, -0.15) is 4.31 Å². The molecule has 1 heterocycles. The standard InChI is InChI=1S/C24H31ClN2O3S2/c1-5-18(4)26-24(28)22-13-21(32(29,30)27-14-16(2)11-17(3)15-27)9-10-23(22)31-20-8-6-7-19(25)12-20/h6-10,12-13,16-18H,5,11,14-15H2,1-4H3,(H,26,28)/t16-,17+,18-/m1/s1. The van der Waals surface area contributed by atoms with Gasteiger partial charge in [0, 0.05) is 33.9 Å². The van der Waals surface area contributed by atoms with Crippen LogP contribution in [-0.4, -0.2) is 37.8 Å². The Labute approximate surface area is 201 Å². The van der Waals surface area contributed by atoms with Crippen LogP contribution < -0.4 is 5.32 Å². The van der Waals surface area contributed by atoms with E-state index in [2.05, 4.69) is 19.2 Å². The Bertz CT molecular complexity index is 1060. The molecule has 2 aromatic carbocycles. The molecular weight excluding hydrogens is 464 g/mol. The second kappa shape index (κ2) is 10.6. The van der Waals surface area contributed by atoms with Crippen LogP contribution in [0.5, 0.6) is 0 Å². The summed E-state index contributed by atoms with van der Waals surface area (Å²) in [5.41, 5.74) is 0.356. The molecule has 1 amide bonds. The molecule has 0 saturated carbocycles. The van der Waals surface area contributed by atoms with Crippen LogP contribution in [0.2, 0.25) is 5.02 Å². The highest BCUT2D eigenvalue weighted by molar-refractivity contribution is 7.99. The summed E-state index contributed by atoms with van der Waals surface area (Å²) in [6.45, 7) is 9.08. The Morgan fingerprint density at radius 2 is 1.88 bits per heavy atom. The van der Waals surface area contributed by atoms with Crippen molar-refractivity contribution in [3.8, 4) is 0 Å². The van der Waals surface area contributed by atoms with Crippen LogP contribution in [-0.2, 0) is 10.0 Å². The van der Waals surface area contributed by atoms with Gasteiger partial charge < -0.3 is 5.32 Å². The Morgan fingerprint density at radius 1 is 1.19 bits per heavy atom. The van der Waals surface area contributed by atoms with Gasteiger partial charge in [0.2, 0.25) is 10.0 Å². The number of halogens is 1. The lowest BCUT2D eigenvalue weighted by atomic mass is 9.94. The number of amides is 1. The van der Waals surface area contributed by atoms with Gasteiger partial charge in [-0.25, -0.2) is 8.42 Å². The van der Waals surface area contributed by atoms with Crippen LogP contribution in [0, 0.1) is 11.8 Å². The second-order valence-electron chi connectivity index (χ2n) is 8.77. The van der Waals surface area contributed by atoms with E-state index in [4.69, 9.17) is 11.6 Å². The number of carbonyl (C=O) groups is 1. The summed E-state index contributed by atoms with van der Waals surface area (Å²) in [5.74, 6) is 0.333. The van der Waals surface area contributed by atoms with Gasteiger partial charge in [-0.15, -0.1) is 0 Å². The highest BCUT2D eigenvalue weighted by Gasteiger charge is 2.32. The largest absolute Gasteiger partial charge is 0.350 e. The van der Waals surface area contributed by atoms with Gasteiger partial charge in [-0.1, -0.05) is 50.2 Å². The second-order valence-corrected chi connectivity index (χ2v) is 12.3. The average Bonchev–Trinajstić information content (AvgIpc) is 2.73. The first-order chi connectivity index (χ1) is 15.1. The third-order valence-corrected chi connectivity index (χ3v) is 8.81. The molecule has 3 atom stereocenters. The SMILES string of the molecule is CC[C@@H](C)NC(=O)c1cc(S(=O)(=O)N2C[C@H](C)C[C@H](C)C2)ccc1Sc1cccc(Cl)c1. The maximum Gasteiger partial charge on any atom is 0.252 e. The molecular formula is C24H31ClN2O3S2. The molecule has 32 heavy (non-hydrogen) atoms. The van der Waals surface area contributed by atoms with Gasteiger partial charge in [-0.3, -0.25) is 4.79 Å². The summed E-state index contributed by atoms with van der Waals surface area (Å²) in [6, 6.07) is 12.2. The molecule has 0 radical (unpaired) electrons. The molecule has 0 spiro atoms. The Hall–Kier alpha value is -1.54. The first-order valence-electron chi connectivity index (χ1n) is 11.0. The maximum absolute atomic E-state index is 13.4. The molecule has 5 nitrogen and oxygen atoms in total. The van der Waals surface area contributed by atoms with Crippen molar-refractivity contribution in [1.82, 2.24) is 9.62 Å². The van der Waals surface area contributed by atoms with E-state index in [0.717, 1.165) is 17.7 Å². The number of hydrogen-bond acceptors (Lipinski definition) is 4. The van der Waals surface area contributed by atoms with Gasteiger partial charge >= 0.3 is 0 Å². The first-order valence-corrected chi connectivity index (χ1v) is 13.6. The van der Waals surface area contributed by atoms with E-state index in [0.29, 0.717) is 40.4 Å². The quantitative estimate of drug-likeness (QED) is 0.537. The number of nitrogens with one attached hydrogen (secondary N) is 1. The third kappa shape index (κ3) is 6.07. The Kier molecular flexibility index (Phi) is 8.31. The monoisotopic (exact) mass is 494 g/mol. The zero-order valence-electron chi connectivity index (χ0n) is 19.0. The molecule has 1 aliphatic heterocycles. The number of hydrogen-bond donors (Lipinski definition) is 1. The van der Waals surface area contributed by atoms with Crippen molar-refractivity contribution >= 4 is 39.3 Å². The van der Waals surface area contributed by atoms with Crippen molar-refractivity contribution in [2.45, 2.75) is 61.3 Å². The van der Waals surface area contributed by atoms with E-state index < -0.39 is 10.0 Å². The molecule has 1 N–H and O–H groups in total. The van der Waals surface area contributed by atoms with Crippen LogP contribution in [0.25, 0.3) is 0 Å². The predicted molar refractivity (Wildman–Crippen MR) is 131 cm³/mol. The van der Waals surface area contributed by atoms with Gasteiger partial charge in [0.1, 0.15) is 0 Å². The van der Waals surface area contributed by atoms with Crippen molar-refractivity contribution in [3.05, 3.63) is 53.1 Å². The fourth-order valence-electron chi connectivity index (χ4n) is 3.95. The number of sulfonamides is 1. The van der Waals surface area contributed by atoms with E-state index in [-0.39, 0.29) is 16.8 Å². The average molecular weight is 495 g/mol. The molecule has 3 rings (SSSR count). The third-order valence-electron chi connectivity index (χ3n) is 5.68. The van der Waals surface area contributed by atoms with Crippen molar-refractivity contribution in [2.24, 2.45) is 11.8 Å². The van der Waals surface area contributed by atoms with Crippen LogP contribution in [0.4, 0.5) is 0 Å². The summed E-state index contributed by atoms with van der Waals surface area (Å²) in [7, 11) is -3.69. The smallest absolute Gasteiger partial charge is 0.252 e. The fraction of sp³-hybridized carbons (Fsp3) is 0.458. The Balaban J connectivity index is 1.99. The van der Waals surface area contributed by atoms with Crippen LogP contribution in [0.3, 0.4) is 0 Å². The minimum absolute atomic E-state index is 0.0180. The highest BCUT2D eigenvalue weighted by Crippen LogP contribution is 2.34. The maximum atomic E-state index is 13.4. The molecule has 0 bridgehead atoms. The van der Waals surface area contributed by atoms with Gasteiger partial charge in [0.15, 0.2) is 0 Å². The van der Waals surface area contributed by atoms with E-state index in [1.165, 1.54) is 17.8 Å². The number of rotatable bonds is 7. The first kappa shape index (κ1) is 25.1. The molecule has 0 aromatic heterocycles. The molecule has 174 valence electrons. The summed E-state index contributed by atoms with van der Waals surface area (Å²) < 4.78 is 28.4. The minimum atomic E-state index is -3.69. The summed E-state index contributed by atoms with van der Waals surface area (Å²) >= 11 is 7.51. The number of benzene rings is 2. The fourth-order valence-corrected chi connectivity index (χ4v) is 6.89. The molecule has 2 aromatic rings. The number of carbonyl (C=O) groups excluding carboxylic acids is 1. The summed E-state index contributed by atoms with van der Waals surface area (Å²) in [4.78, 5) is 14.8. The van der Waals surface area contributed by atoms with Crippen molar-refractivity contribution < 1.29 is 13.2 Å². The minimum Gasteiger partial charge on any atom is -0.350 e. The molecule has 0 unspecified atom stereocenters. The van der Waals surface area contributed by atoms with E-state index in [1.54, 1.807) is 22.5 Å². The highest BCUT2D eigenvalue weighted by atomic mass is 35.5. The van der Waals surface area contributed by atoms with Crippen molar-refractivity contribution in [3.63, 3.8) is 0 Å². The van der Waals surface area contributed by atoms with Crippen LogP contribution >= 0.6 is 23.4 Å².